The van der Waals surface area contributed by atoms with Crippen LogP contribution in [0.5, 0.6) is 0 Å². The summed E-state index contributed by atoms with van der Waals surface area (Å²) in [5.74, 6) is 0. The number of allylic oxidation sites excluding steroid dienone is 5. The average Bonchev–Trinajstić information content (AvgIpc) is 2.96. The molecule has 1 unspecified atom stereocenters. The summed E-state index contributed by atoms with van der Waals surface area (Å²) in [7, 11) is 0. The van der Waals surface area contributed by atoms with Crippen LogP contribution >= 0.6 is 0 Å². The normalized spacial score (nSPS) is 30.1. The van der Waals surface area contributed by atoms with Crippen LogP contribution < -0.4 is 0 Å². The maximum atomic E-state index is 5.74. The maximum absolute atomic E-state index is 5.74. The van der Waals surface area contributed by atoms with E-state index < -0.39 is 0 Å². The minimum absolute atomic E-state index is 0.157. The first-order chi connectivity index (χ1) is 9.76. The molecule has 1 atom stereocenters. The molecule has 0 radical (unpaired) electrons. The Balaban J connectivity index is 0.000000155. The van der Waals surface area contributed by atoms with Gasteiger partial charge in [0.25, 0.3) is 0 Å². The highest BCUT2D eigenvalue weighted by molar-refractivity contribution is 5.21. The molecule has 3 aliphatic rings. The van der Waals surface area contributed by atoms with Gasteiger partial charge in [-0.1, -0.05) is 34.4 Å². The Morgan fingerprint density at radius 3 is 2.00 bits per heavy atom. The summed E-state index contributed by atoms with van der Waals surface area (Å²) in [5.41, 5.74) is 6.64. The second-order valence-corrected chi connectivity index (χ2v) is 7.72. The van der Waals surface area contributed by atoms with E-state index in [2.05, 4.69) is 53.7 Å². The topological polar surface area (TPSA) is 12.5 Å². The van der Waals surface area contributed by atoms with E-state index >= 15 is 0 Å². The van der Waals surface area contributed by atoms with Crippen LogP contribution in [0.25, 0.3) is 0 Å². The minimum Gasteiger partial charge on any atom is -0.363 e. The van der Waals surface area contributed by atoms with Gasteiger partial charge in [-0.25, -0.2) is 0 Å². The van der Waals surface area contributed by atoms with E-state index in [1.807, 2.05) is 0 Å². The van der Waals surface area contributed by atoms with Crippen molar-refractivity contribution in [2.45, 2.75) is 91.3 Å². The van der Waals surface area contributed by atoms with Crippen LogP contribution in [0.1, 0.15) is 80.1 Å². The summed E-state index contributed by atoms with van der Waals surface area (Å²) < 4.78 is 5.74. The molecule has 0 aromatic rings. The SMILES string of the molecule is CC1=CCC(=C(C)C)CC1.CC1=CCC2(CC1)OC2(C)C. The summed E-state index contributed by atoms with van der Waals surface area (Å²) >= 11 is 0. The number of epoxide rings is 1. The van der Waals surface area contributed by atoms with E-state index in [0.29, 0.717) is 0 Å². The molecule has 2 aliphatic carbocycles. The number of hydrogen-bond donors (Lipinski definition) is 0. The quantitative estimate of drug-likeness (QED) is 0.386. The number of ether oxygens (including phenoxy) is 1. The molecular weight excluding hydrogens is 256 g/mol. The maximum Gasteiger partial charge on any atom is 0.101 e. The zero-order chi connectivity index (χ0) is 15.7. The predicted molar refractivity (Wildman–Crippen MR) is 91.5 cm³/mol. The van der Waals surface area contributed by atoms with Crippen molar-refractivity contribution in [2.75, 3.05) is 0 Å². The molecule has 0 aromatic heterocycles. The zero-order valence-corrected chi connectivity index (χ0v) is 14.8. The fourth-order valence-corrected chi connectivity index (χ4v) is 3.35. The van der Waals surface area contributed by atoms with Crippen molar-refractivity contribution in [3.63, 3.8) is 0 Å². The first-order valence-corrected chi connectivity index (χ1v) is 8.42. The van der Waals surface area contributed by atoms with Gasteiger partial charge in [0, 0.05) is 0 Å². The lowest BCUT2D eigenvalue weighted by atomic mass is 9.83. The van der Waals surface area contributed by atoms with Crippen LogP contribution in [0.2, 0.25) is 0 Å². The molecule has 0 bridgehead atoms. The van der Waals surface area contributed by atoms with E-state index in [1.165, 1.54) is 43.3 Å². The predicted octanol–water partition coefficient (Wildman–Crippen LogP) is 6.12. The molecule has 1 heterocycles. The van der Waals surface area contributed by atoms with Crippen molar-refractivity contribution in [1.29, 1.82) is 0 Å². The largest absolute Gasteiger partial charge is 0.363 e. The Labute approximate surface area is 131 Å². The summed E-state index contributed by atoms with van der Waals surface area (Å²) in [6, 6.07) is 0. The van der Waals surface area contributed by atoms with E-state index in [0.717, 1.165) is 6.42 Å². The van der Waals surface area contributed by atoms with Gasteiger partial charge in [-0.2, -0.15) is 0 Å². The molecule has 1 aliphatic heterocycles. The average molecular weight is 288 g/mol. The second kappa shape index (κ2) is 6.12. The van der Waals surface area contributed by atoms with Crippen LogP contribution in [0.3, 0.4) is 0 Å². The van der Waals surface area contributed by atoms with Crippen LogP contribution in [0.15, 0.2) is 34.4 Å². The van der Waals surface area contributed by atoms with Gasteiger partial charge in [0.1, 0.15) is 5.60 Å². The molecule has 0 N–H and O–H groups in total. The Morgan fingerprint density at radius 1 is 1.00 bits per heavy atom. The third-order valence-corrected chi connectivity index (χ3v) is 5.43. The Hall–Kier alpha value is -0.820. The van der Waals surface area contributed by atoms with Gasteiger partial charge in [0.05, 0.1) is 5.60 Å². The van der Waals surface area contributed by atoms with Gasteiger partial charge in [0.2, 0.25) is 0 Å². The fraction of sp³-hybridized carbons (Fsp3) is 0.700. The van der Waals surface area contributed by atoms with E-state index in [-0.39, 0.29) is 11.2 Å². The highest BCUT2D eigenvalue weighted by Gasteiger charge is 2.62. The first kappa shape index (κ1) is 16.5. The number of rotatable bonds is 0. The van der Waals surface area contributed by atoms with E-state index in [4.69, 9.17) is 4.74 Å². The smallest absolute Gasteiger partial charge is 0.101 e. The Morgan fingerprint density at radius 2 is 1.62 bits per heavy atom. The van der Waals surface area contributed by atoms with Crippen molar-refractivity contribution in [1.82, 2.24) is 0 Å². The summed E-state index contributed by atoms with van der Waals surface area (Å²) in [5, 5.41) is 0. The monoisotopic (exact) mass is 288 g/mol. The molecule has 118 valence electrons. The molecule has 1 heteroatoms. The second-order valence-electron chi connectivity index (χ2n) is 7.72. The summed E-state index contributed by atoms with van der Waals surface area (Å²) in [4.78, 5) is 0. The minimum atomic E-state index is 0.157. The standard InChI is InChI=1S/C10H16O.C10H16/c1-8-4-6-10(7-5-8)9(2,3)11-10;1-8(2)10-6-4-9(3)5-7-10/h4H,5-7H2,1-3H3;4H,5-7H2,1-3H3. The fourth-order valence-electron chi connectivity index (χ4n) is 3.35. The molecule has 1 fully saturated rings. The van der Waals surface area contributed by atoms with Crippen LogP contribution in [0, 0.1) is 0 Å². The zero-order valence-electron chi connectivity index (χ0n) is 14.8. The molecule has 21 heavy (non-hydrogen) atoms. The lowest BCUT2D eigenvalue weighted by Gasteiger charge is -2.18. The molecule has 0 amide bonds. The van der Waals surface area contributed by atoms with Gasteiger partial charge >= 0.3 is 0 Å². The Kier molecular flexibility index (Phi) is 4.82. The lowest BCUT2D eigenvalue weighted by molar-refractivity contribution is 0.261. The van der Waals surface area contributed by atoms with Crippen molar-refractivity contribution in [3.05, 3.63) is 34.4 Å². The van der Waals surface area contributed by atoms with Gasteiger partial charge in [-0.3, -0.25) is 0 Å². The van der Waals surface area contributed by atoms with Crippen molar-refractivity contribution < 1.29 is 4.74 Å². The van der Waals surface area contributed by atoms with Gasteiger partial charge in [0.15, 0.2) is 0 Å². The van der Waals surface area contributed by atoms with Crippen LogP contribution in [-0.2, 0) is 4.74 Å². The summed E-state index contributed by atoms with van der Waals surface area (Å²) in [6.07, 6.45) is 12.0. The third-order valence-electron chi connectivity index (χ3n) is 5.43. The van der Waals surface area contributed by atoms with Gasteiger partial charge in [-0.15, -0.1) is 0 Å². The molecule has 3 rings (SSSR count). The number of hydrogen-bond acceptors (Lipinski definition) is 1. The molecule has 1 spiro atoms. The molecule has 0 saturated carbocycles. The van der Waals surface area contributed by atoms with Crippen molar-refractivity contribution in [2.24, 2.45) is 0 Å². The summed E-state index contributed by atoms with van der Waals surface area (Å²) in [6.45, 7) is 13.3. The Bertz CT molecular complexity index is 486. The van der Waals surface area contributed by atoms with E-state index in [9.17, 15) is 0 Å². The van der Waals surface area contributed by atoms with Crippen molar-refractivity contribution in [3.8, 4) is 0 Å². The van der Waals surface area contributed by atoms with Crippen LogP contribution in [-0.4, -0.2) is 11.2 Å². The molecular formula is C20H32O. The molecule has 1 saturated heterocycles. The van der Waals surface area contributed by atoms with E-state index in [1.54, 1.807) is 11.1 Å². The molecule has 0 aromatic carbocycles. The highest BCUT2D eigenvalue weighted by atomic mass is 16.6. The van der Waals surface area contributed by atoms with Gasteiger partial charge in [-0.05, 0) is 80.1 Å². The molecule has 1 nitrogen and oxygen atoms in total. The van der Waals surface area contributed by atoms with Crippen LogP contribution in [0.4, 0.5) is 0 Å². The van der Waals surface area contributed by atoms with Gasteiger partial charge < -0.3 is 4.74 Å². The highest BCUT2D eigenvalue weighted by Crippen LogP contribution is 2.55. The first-order valence-electron chi connectivity index (χ1n) is 8.42. The van der Waals surface area contributed by atoms with Crippen molar-refractivity contribution >= 4 is 0 Å². The lowest BCUT2D eigenvalue weighted by Crippen LogP contribution is -2.22. The third kappa shape index (κ3) is 3.88.